The fraction of sp³-hybridized carbons (Fsp3) is 0.267. The lowest BCUT2D eigenvalue weighted by Gasteiger charge is -2.03. The third-order valence-corrected chi connectivity index (χ3v) is 6.19. The molecule has 1 atom stereocenters. The van der Waals surface area contributed by atoms with Crippen molar-refractivity contribution in [2.45, 2.75) is 25.9 Å². The average molecular weight is 336 g/mol. The van der Waals surface area contributed by atoms with Gasteiger partial charge in [0.2, 0.25) is 0 Å². The van der Waals surface area contributed by atoms with Gasteiger partial charge in [0.25, 0.3) is 0 Å². The van der Waals surface area contributed by atoms with Gasteiger partial charge in [-0.25, -0.2) is 0 Å². The monoisotopic (exact) mass is 335 g/mol. The molecule has 0 unspecified atom stereocenters. The second-order valence-electron chi connectivity index (χ2n) is 4.95. The van der Waals surface area contributed by atoms with Crippen molar-refractivity contribution >= 4 is 55.5 Å². The van der Waals surface area contributed by atoms with Crippen LogP contribution >= 0.6 is 34.2 Å². The molecule has 0 spiro atoms. The number of anilines is 1. The molecular formula is C15H17N3S3. The molecule has 21 heavy (non-hydrogen) atoms. The summed E-state index contributed by atoms with van der Waals surface area (Å²) in [6.07, 6.45) is 2.77. The van der Waals surface area contributed by atoms with Crippen molar-refractivity contribution in [3.8, 4) is 0 Å². The van der Waals surface area contributed by atoms with E-state index in [-0.39, 0.29) is 6.04 Å². The highest BCUT2D eigenvalue weighted by Crippen LogP contribution is 2.39. The molecule has 0 aliphatic carbocycles. The Bertz CT molecular complexity index is 738. The molecule has 3 nitrogen and oxygen atoms in total. The van der Waals surface area contributed by atoms with Crippen molar-refractivity contribution < 1.29 is 0 Å². The number of nitrogens with two attached hydrogens (primary N) is 1. The minimum absolute atomic E-state index is 0.151. The SMILES string of the molecule is C=Cc1c(C[C@H](C)N)sc2c(NCc3cccs3)snc12. The summed E-state index contributed by atoms with van der Waals surface area (Å²) in [5.74, 6) is 0. The Balaban J connectivity index is 1.89. The van der Waals surface area contributed by atoms with E-state index in [2.05, 4.69) is 33.8 Å². The van der Waals surface area contributed by atoms with Crippen LogP contribution < -0.4 is 11.1 Å². The molecule has 3 N–H and O–H groups in total. The molecule has 0 aliphatic heterocycles. The van der Waals surface area contributed by atoms with Crippen molar-refractivity contribution in [1.29, 1.82) is 0 Å². The Morgan fingerprint density at radius 1 is 1.52 bits per heavy atom. The predicted molar refractivity (Wildman–Crippen MR) is 96.6 cm³/mol. The predicted octanol–water partition coefficient (Wildman–Crippen LogP) is 4.56. The number of nitrogens with zero attached hydrogens (tertiary/aromatic N) is 1. The van der Waals surface area contributed by atoms with Crippen LogP contribution in [-0.4, -0.2) is 10.4 Å². The summed E-state index contributed by atoms with van der Waals surface area (Å²) >= 11 is 5.07. The number of hydrogen-bond donors (Lipinski definition) is 2. The van der Waals surface area contributed by atoms with Gasteiger partial charge in [-0.2, -0.15) is 4.37 Å². The van der Waals surface area contributed by atoms with Crippen LogP contribution in [0.3, 0.4) is 0 Å². The third-order valence-electron chi connectivity index (χ3n) is 3.15. The maximum Gasteiger partial charge on any atom is 0.127 e. The van der Waals surface area contributed by atoms with Gasteiger partial charge >= 0.3 is 0 Å². The van der Waals surface area contributed by atoms with Crippen LogP contribution in [0.1, 0.15) is 22.2 Å². The van der Waals surface area contributed by atoms with E-state index in [0.29, 0.717) is 0 Å². The molecule has 0 radical (unpaired) electrons. The van der Waals surface area contributed by atoms with Crippen LogP contribution in [0.4, 0.5) is 5.00 Å². The van der Waals surface area contributed by atoms with Crippen LogP contribution in [0, 0.1) is 0 Å². The van der Waals surface area contributed by atoms with E-state index in [0.717, 1.165) is 29.0 Å². The number of thiophene rings is 2. The van der Waals surface area contributed by atoms with Gasteiger partial charge in [-0.05, 0) is 36.3 Å². The largest absolute Gasteiger partial charge is 0.370 e. The van der Waals surface area contributed by atoms with Gasteiger partial charge in [-0.15, -0.1) is 22.7 Å². The third kappa shape index (κ3) is 3.03. The van der Waals surface area contributed by atoms with Crippen molar-refractivity contribution in [3.05, 3.63) is 39.4 Å². The molecule has 3 heterocycles. The molecule has 0 aromatic carbocycles. The first kappa shape index (κ1) is 14.7. The van der Waals surface area contributed by atoms with E-state index < -0.39 is 0 Å². The highest BCUT2D eigenvalue weighted by Gasteiger charge is 2.17. The normalized spacial score (nSPS) is 12.7. The molecule has 0 aliphatic rings. The molecule has 3 rings (SSSR count). The standard InChI is InChI=1S/C15H17N3S3/c1-3-11-12(7-9(2)16)20-14-13(11)18-21-15(14)17-8-10-5-4-6-19-10/h3-6,9,17H,1,7-8,16H2,2H3/t9-/m0/s1. The minimum Gasteiger partial charge on any atom is -0.370 e. The zero-order chi connectivity index (χ0) is 14.8. The van der Waals surface area contributed by atoms with Gasteiger partial charge in [-0.3, -0.25) is 0 Å². The second-order valence-corrected chi connectivity index (χ2v) is 7.86. The average Bonchev–Trinajstić information content (AvgIpc) is 3.12. The zero-order valence-electron chi connectivity index (χ0n) is 11.8. The molecule has 6 heteroatoms. The smallest absolute Gasteiger partial charge is 0.127 e. The fourth-order valence-corrected chi connectivity index (χ4v) is 5.13. The summed E-state index contributed by atoms with van der Waals surface area (Å²) in [4.78, 5) is 2.61. The van der Waals surface area contributed by atoms with Crippen molar-refractivity contribution in [1.82, 2.24) is 4.37 Å². The number of fused-ring (bicyclic) bond motifs is 1. The number of aromatic nitrogens is 1. The highest BCUT2D eigenvalue weighted by molar-refractivity contribution is 7.24. The van der Waals surface area contributed by atoms with E-state index in [4.69, 9.17) is 5.73 Å². The zero-order valence-corrected chi connectivity index (χ0v) is 14.2. The molecule has 0 bridgehead atoms. The van der Waals surface area contributed by atoms with Crippen molar-refractivity contribution in [2.24, 2.45) is 5.73 Å². The van der Waals surface area contributed by atoms with Crippen LogP contribution in [0.25, 0.3) is 16.3 Å². The molecule has 0 saturated heterocycles. The first-order chi connectivity index (χ1) is 10.2. The highest BCUT2D eigenvalue weighted by atomic mass is 32.1. The van der Waals surface area contributed by atoms with Crippen LogP contribution in [0.15, 0.2) is 24.1 Å². The van der Waals surface area contributed by atoms with Crippen molar-refractivity contribution in [2.75, 3.05) is 5.32 Å². The number of nitrogens with one attached hydrogen (secondary N) is 1. The molecule has 3 aromatic heterocycles. The summed E-state index contributed by atoms with van der Waals surface area (Å²) < 4.78 is 5.82. The lowest BCUT2D eigenvalue weighted by atomic mass is 10.1. The molecular weight excluding hydrogens is 318 g/mol. The molecule has 110 valence electrons. The van der Waals surface area contributed by atoms with E-state index in [1.165, 1.54) is 26.0 Å². The Kier molecular flexibility index (Phi) is 4.40. The maximum absolute atomic E-state index is 5.94. The summed E-state index contributed by atoms with van der Waals surface area (Å²) in [5.41, 5.74) is 8.15. The van der Waals surface area contributed by atoms with E-state index in [1.807, 2.05) is 13.0 Å². The van der Waals surface area contributed by atoms with E-state index in [1.54, 1.807) is 22.7 Å². The Morgan fingerprint density at radius 3 is 3.05 bits per heavy atom. The topological polar surface area (TPSA) is 50.9 Å². The summed E-state index contributed by atoms with van der Waals surface area (Å²) in [5, 5.41) is 6.74. The van der Waals surface area contributed by atoms with Crippen LogP contribution in [0.2, 0.25) is 0 Å². The lowest BCUT2D eigenvalue weighted by molar-refractivity contribution is 0.746. The molecule has 0 saturated carbocycles. The Labute approximate surface area is 136 Å². The molecule has 0 amide bonds. The first-order valence-electron chi connectivity index (χ1n) is 6.74. The van der Waals surface area contributed by atoms with Crippen molar-refractivity contribution in [3.63, 3.8) is 0 Å². The van der Waals surface area contributed by atoms with E-state index >= 15 is 0 Å². The Morgan fingerprint density at radius 2 is 2.38 bits per heavy atom. The van der Waals surface area contributed by atoms with Gasteiger partial charge in [0.1, 0.15) is 10.5 Å². The second kappa shape index (κ2) is 6.27. The number of hydrogen-bond acceptors (Lipinski definition) is 6. The van der Waals surface area contributed by atoms with Gasteiger partial charge in [0.15, 0.2) is 0 Å². The Hall–Kier alpha value is -1.21. The summed E-state index contributed by atoms with van der Waals surface area (Å²) in [6, 6.07) is 4.37. The number of rotatable bonds is 6. The van der Waals surface area contributed by atoms with Gasteiger partial charge in [0, 0.05) is 21.4 Å². The quantitative estimate of drug-likeness (QED) is 0.694. The lowest BCUT2D eigenvalue weighted by Crippen LogP contribution is -2.17. The van der Waals surface area contributed by atoms with E-state index in [9.17, 15) is 0 Å². The van der Waals surface area contributed by atoms with Gasteiger partial charge in [0.05, 0.1) is 11.2 Å². The van der Waals surface area contributed by atoms with Gasteiger partial charge in [-0.1, -0.05) is 18.7 Å². The van der Waals surface area contributed by atoms with Crippen LogP contribution in [-0.2, 0) is 13.0 Å². The first-order valence-corrected chi connectivity index (χ1v) is 9.21. The van der Waals surface area contributed by atoms with Gasteiger partial charge < -0.3 is 11.1 Å². The summed E-state index contributed by atoms with van der Waals surface area (Å²) in [7, 11) is 0. The molecule has 0 fully saturated rings. The molecule has 3 aromatic rings. The van der Waals surface area contributed by atoms with Crippen LogP contribution in [0.5, 0.6) is 0 Å². The minimum atomic E-state index is 0.151. The maximum atomic E-state index is 5.94. The summed E-state index contributed by atoms with van der Waals surface area (Å²) in [6.45, 7) is 6.81. The fourth-order valence-electron chi connectivity index (χ4n) is 2.21.